The smallest absolute Gasteiger partial charge is 0.191 e. The molecule has 3 atom stereocenters. The van der Waals surface area contributed by atoms with E-state index in [-0.39, 0.29) is 30.0 Å². The van der Waals surface area contributed by atoms with Crippen LogP contribution < -0.4 is 15.4 Å². The van der Waals surface area contributed by atoms with E-state index in [0.717, 1.165) is 57.0 Å². The molecule has 0 bridgehead atoms. The van der Waals surface area contributed by atoms with Gasteiger partial charge in [0.15, 0.2) is 5.96 Å². The predicted molar refractivity (Wildman–Crippen MR) is 120 cm³/mol. The lowest BCUT2D eigenvalue weighted by Gasteiger charge is -2.34. The van der Waals surface area contributed by atoms with Gasteiger partial charge in [-0.25, -0.2) is 0 Å². The van der Waals surface area contributed by atoms with Crippen molar-refractivity contribution in [2.75, 3.05) is 46.5 Å². The summed E-state index contributed by atoms with van der Waals surface area (Å²) in [6, 6.07) is 9.17. The number of ether oxygens (including phenoxy) is 2. The summed E-state index contributed by atoms with van der Waals surface area (Å²) >= 11 is 0. The molecule has 1 aliphatic carbocycles. The Bertz CT molecular complexity index is 590. The van der Waals surface area contributed by atoms with E-state index in [9.17, 15) is 0 Å². The molecule has 1 aromatic rings. The standard InChI is InChI=1S/C20H32N4O2.HI/c1-4-21-20(23-18-13-15(18)2)22-14-19(24-9-11-26-12-10-24)16-5-7-17(25-3)8-6-16;/h5-8,15,18-19H,4,9-14H2,1-3H3,(H2,21,22,23);1H. The first-order valence-corrected chi connectivity index (χ1v) is 9.72. The Kier molecular flexibility index (Phi) is 9.11. The molecule has 27 heavy (non-hydrogen) atoms. The molecule has 6 nitrogen and oxygen atoms in total. The van der Waals surface area contributed by atoms with Gasteiger partial charge in [-0.3, -0.25) is 9.89 Å². The fraction of sp³-hybridized carbons (Fsp3) is 0.650. The Labute approximate surface area is 180 Å². The maximum Gasteiger partial charge on any atom is 0.191 e. The Morgan fingerprint density at radius 2 is 1.96 bits per heavy atom. The van der Waals surface area contributed by atoms with E-state index >= 15 is 0 Å². The van der Waals surface area contributed by atoms with Crippen molar-refractivity contribution in [2.45, 2.75) is 32.4 Å². The van der Waals surface area contributed by atoms with Crippen molar-refractivity contribution in [2.24, 2.45) is 10.9 Å². The van der Waals surface area contributed by atoms with Gasteiger partial charge in [0.1, 0.15) is 5.75 Å². The summed E-state index contributed by atoms with van der Waals surface area (Å²) in [5.41, 5.74) is 1.27. The zero-order valence-corrected chi connectivity index (χ0v) is 18.9. The summed E-state index contributed by atoms with van der Waals surface area (Å²) in [6.45, 7) is 9.43. The molecule has 0 radical (unpaired) electrons. The maximum absolute atomic E-state index is 5.54. The lowest BCUT2D eigenvalue weighted by molar-refractivity contribution is 0.0179. The summed E-state index contributed by atoms with van der Waals surface area (Å²) in [5.74, 6) is 2.56. The predicted octanol–water partition coefficient (Wildman–Crippen LogP) is 2.65. The molecule has 1 saturated carbocycles. The highest BCUT2D eigenvalue weighted by Gasteiger charge is 2.33. The highest BCUT2D eigenvalue weighted by molar-refractivity contribution is 14.0. The zero-order chi connectivity index (χ0) is 18.4. The SMILES string of the molecule is CCNC(=NCC(c1ccc(OC)cc1)N1CCOCC1)NC1CC1C.I. The number of methoxy groups -OCH3 is 1. The van der Waals surface area contributed by atoms with E-state index in [1.165, 1.54) is 12.0 Å². The molecular formula is C20H33IN4O2. The molecule has 3 unspecified atom stereocenters. The average Bonchev–Trinajstić information content (AvgIpc) is 3.38. The minimum absolute atomic E-state index is 0. The number of guanidine groups is 1. The first-order valence-electron chi connectivity index (χ1n) is 9.72. The molecule has 7 heteroatoms. The van der Waals surface area contributed by atoms with Crippen LogP contribution in [0.2, 0.25) is 0 Å². The Morgan fingerprint density at radius 3 is 2.52 bits per heavy atom. The first kappa shape index (κ1) is 22.2. The number of nitrogens with zero attached hydrogens (tertiary/aromatic N) is 2. The van der Waals surface area contributed by atoms with Gasteiger partial charge in [0, 0.05) is 25.7 Å². The third kappa shape index (κ3) is 6.50. The number of hydrogen-bond acceptors (Lipinski definition) is 4. The van der Waals surface area contributed by atoms with Crippen molar-refractivity contribution in [1.29, 1.82) is 0 Å². The molecule has 0 amide bonds. The van der Waals surface area contributed by atoms with E-state index < -0.39 is 0 Å². The van der Waals surface area contributed by atoms with Crippen molar-refractivity contribution >= 4 is 29.9 Å². The second-order valence-electron chi connectivity index (χ2n) is 7.12. The van der Waals surface area contributed by atoms with Gasteiger partial charge in [0.25, 0.3) is 0 Å². The second kappa shape index (κ2) is 11.1. The third-order valence-electron chi connectivity index (χ3n) is 5.19. The topological polar surface area (TPSA) is 58.1 Å². The van der Waals surface area contributed by atoms with Crippen molar-refractivity contribution in [3.05, 3.63) is 29.8 Å². The Hall–Kier alpha value is -1.06. The zero-order valence-electron chi connectivity index (χ0n) is 16.6. The van der Waals surface area contributed by atoms with Crippen LogP contribution in [-0.2, 0) is 4.74 Å². The van der Waals surface area contributed by atoms with Gasteiger partial charge >= 0.3 is 0 Å². The third-order valence-corrected chi connectivity index (χ3v) is 5.19. The summed E-state index contributed by atoms with van der Waals surface area (Å²) in [7, 11) is 1.70. The minimum Gasteiger partial charge on any atom is -0.497 e. The Morgan fingerprint density at radius 1 is 1.30 bits per heavy atom. The van der Waals surface area contributed by atoms with Crippen LogP contribution in [0.4, 0.5) is 0 Å². The minimum atomic E-state index is 0. The van der Waals surface area contributed by atoms with E-state index in [2.05, 4.69) is 41.5 Å². The number of rotatable bonds is 7. The number of nitrogens with one attached hydrogen (secondary N) is 2. The van der Waals surface area contributed by atoms with Gasteiger partial charge in [0.2, 0.25) is 0 Å². The molecule has 2 N–H and O–H groups in total. The van der Waals surface area contributed by atoms with Gasteiger partial charge < -0.3 is 20.1 Å². The summed E-state index contributed by atoms with van der Waals surface area (Å²) in [4.78, 5) is 7.37. The van der Waals surface area contributed by atoms with Crippen LogP contribution in [0.5, 0.6) is 5.75 Å². The maximum atomic E-state index is 5.54. The van der Waals surface area contributed by atoms with Crippen LogP contribution in [0.15, 0.2) is 29.3 Å². The van der Waals surface area contributed by atoms with Crippen molar-refractivity contribution < 1.29 is 9.47 Å². The number of hydrogen-bond donors (Lipinski definition) is 2. The largest absolute Gasteiger partial charge is 0.497 e. The molecule has 3 rings (SSSR count). The summed E-state index contributed by atoms with van der Waals surface area (Å²) in [6.07, 6.45) is 1.23. The van der Waals surface area contributed by atoms with E-state index in [1.807, 2.05) is 12.1 Å². The molecule has 152 valence electrons. The summed E-state index contributed by atoms with van der Waals surface area (Å²) in [5, 5.41) is 6.92. The molecule has 0 aromatic heterocycles. The average molecular weight is 488 g/mol. The molecule has 1 heterocycles. The van der Waals surface area contributed by atoms with Gasteiger partial charge in [-0.15, -0.1) is 24.0 Å². The van der Waals surface area contributed by atoms with Gasteiger partial charge in [-0.2, -0.15) is 0 Å². The molecule has 2 aliphatic rings. The van der Waals surface area contributed by atoms with Gasteiger partial charge in [-0.05, 0) is 37.0 Å². The molecule has 1 aliphatic heterocycles. The highest BCUT2D eigenvalue weighted by Crippen LogP contribution is 2.29. The van der Waals surface area contributed by atoms with Crippen LogP contribution in [0.1, 0.15) is 31.9 Å². The number of benzene rings is 1. The lowest BCUT2D eigenvalue weighted by Crippen LogP contribution is -2.42. The van der Waals surface area contributed by atoms with Gasteiger partial charge in [0.05, 0.1) is 32.9 Å². The molecule has 1 saturated heterocycles. The summed E-state index contributed by atoms with van der Waals surface area (Å²) < 4.78 is 10.8. The highest BCUT2D eigenvalue weighted by atomic mass is 127. The number of morpholine rings is 1. The fourth-order valence-corrected chi connectivity index (χ4v) is 3.34. The Balaban J connectivity index is 0.00000261. The van der Waals surface area contributed by atoms with Crippen LogP contribution in [-0.4, -0.2) is 63.4 Å². The van der Waals surface area contributed by atoms with Crippen molar-refractivity contribution in [3.63, 3.8) is 0 Å². The molecule has 1 aromatic carbocycles. The monoisotopic (exact) mass is 488 g/mol. The number of aliphatic imine (C=N–C) groups is 1. The van der Waals surface area contributed by atoms with E-state index in [0.29, 0.717) is 6.04 Å². The molecule has 2 fully saturated rings. The van der Waals surface area contributed by atoms with Crippen molar-refractivity contribution in [1.82, 2.24) is 15.5 Å². The van der Waals surface area contributed by atoms with Gasteiger partial charge in [-0.1, -0.05) is 19.1 Å². The van der Waals surface area contributed by atoms with E-state index in [1.54, 1.807) is 7.11 Å². The molecule has 0 spiro atoms. The number of halogens is 1. The molecular weight excluding hydrogens is 455 g/mol. The van der Waals surface area contributed by atoms with Crippen molar-refractivity contribution in [3.8, 4) is 5.75 Å². The quantitative estimate of drug-likeness (QED) is 0.351. The normalized spacial score (nSPS) is 23.9. The second-order valence-corrected chi connectivity index (χ2v) is 7.12. The van der Waals surface area contributed by atoms with Crippen LogP contribution in [0.25, 0.3) is 0 Å². The van der Waals surface area contributed by atoms with Crippen LogP contribution >= 0.6 is 24.0 Å². The van der Waals surface area contributed by atoms with Crippen LogP contribution in [0, 0.1) is 5.92 Å². The van der Waals surface area contributed by atoms with Crippen LogP contribution in [0.3, 0.4) is 0 Å². The fourth-order valence-electron chi connectivity index (χ4n) is 3.34. The van der Waals surface area contributed by atoms with E-state index in [4.69, 9.17) is 14.5 Å². The first-order chi connectivity index (χ1) is 12.7. The lowest BCUT2D eigenvalue weighted by atomic mass is 10.0.